The summed E-state index contributed by atoms with van der Waals surface area (Å²) in [5.74, 6) is 0. The molecule has 0 unspecified atom stereocenters. The second-order valence-corrected chi connectivity index (χ2v) is 0.750. The van der Waals surface area contributed by atoms with Gasteiger partial charge in [0.15, 0.2) is 0 Å². The van der Waals surface area contributed by atoms with E-state index in [2.05, 4.69) is 0 Å². The molecule has 0 bridgehead atoms. The van der Waals surface area contributed by atoms with Crippen molar-refractivity contribution >= 4 is 0 Å². The van der Waals surface area contributed by atoms with Crippen LogP contribution in [-0.4, -0.2) is 6.54 Å². The molecular formula is C3H8NW33-. The Hall–Kier alpha value is 22.7. The van der Waals surface area contributed by atoms with Gasteiger partial charge in [-0.15, -0.1) is 0 Å². The van der Waals surface area contributed by atoms with E-state index in [1.54, 1.807) is 0 Å². The van der Waals surface area contributed by atoms with Gasteiger partial charge in [0.1, 0.15) is 0 Å². The molecule has 0 rings (SSSR count). The third kappa shape index (κ3) is 336. The summed E-state index contributed by atoms with van der Waals surface area (Å²) < 4.78 is 0. The summed E-state index contributed by atoms with van der Waals surface area (Å²) in [5, 5.41) is 0. The maximum atomic E-state index is 6.45. The fraction of sp³-hybridized carbons (Fsp3) is 1.00. The predicted octanol–water partition coefficient (Wildman–Crippen LogP) is 1.37. The SMILES string of the molecule is CCC[NH-].[W].[W].[W].[W].[W].[W].[W].[W].[W].[W].[W].[W].[W].[W].[W].[W].[W].[W].[W].[W].[W].[W].[W].[W].[W].[W].[W].[W].[W].[W].[W].[W].[W]. The molecule has 0 aromatic rings. The van der Waals surface area contributed by atoms with Crippen LogP contribution in [0.1, 0.15) is 13.3 Å². The Morgan fingerprint density at radius 1 is 0.216 bits per heavy atom. The Bertz CT molecular complexity index is 23.5. The second kappa shape index (κ2) is 321. The van der Waals surface area contributed by atoms with Crippen LogP contribution in [0.15, 0.2) is 0 Å². The van der Waals surface area contributed by atoms with Crippen LogP contribution in [0, 0.1) is 0 Å². The first-order valence-electron chi connectivity index (χ1n) is 1.56. The van der Waals surface area contributed by atoms with Gasteiger partial charge in [0.2, 0.25) is 0 Å². The maximum absolute atomic E-state index is 6.45. The van der Waals surface area contributed by atoms with Crippen molar-refractivity contribution < 1.29 is 695 Å². The zero-order chi connectivity index (χ0) is 3.41. The molecule has 0 spiro atoms. The molecule has 0 saturated heterocycles. The number of nitrogens with one attached hydrogen (secondary N) is 1. The molecule has 0 amide bonds. The molecule has 0 heterocycles. The zero-order valence-electron chi connectivity index (χ0n) is 16.4. The number of hydrogen-bond acceptors (Lipinski definition) is 0. The van der Waals surface area contributed by atoms with Crippen LogP contribution in [-0.2, 0) is 695 Å². The van der Waals surface area contributed by atoms with Gasteiger partial charge in [0, 0.05) is 695 Å². The average Bonchev–Trinajstić information content (AvgIpc) is 1.37. The molecule has 224 valence electrons. The molecule has 1 N–H and O–H groups in total. The summed E-state index contributed by atoms with van der Waals surface area (Å²) in [6.07, 6.45) is 0.986. The van der Waals surface area contributed by atoms with E-state index in [4.69, 9.17) is 5.73 Å². The smallest absolute Gasteiger partial charge is 0 e. The van der Waals surface area contributed by atoms with E-state index in [0.717, 1.165) is 6.42 Å². The van der Waals surface area contributed by atoms with E-state index in [1.807, 2.05) is 6.92 Å². The van der Waals surface area contributed by atoms with Gasteiger partial charge in [0.25, 0.3) is 0 Å². The first-order chi connectivity index (χ1) is 1.91. The van der Waals surface area contributed by atoms with Gasteiger partial charge in [-0.3, -0.25) is 0 Å². The van der Waals surface area contributed by atoms with Gasteiger partial charge in [-0.05, 0) is 0 Å². The molecule has 0 aliphatic carbocycles. The van der Waals surface area contributed by atoms with Crippen LogP contribution in [0.2, 0.25) is 0 Å². The van der Waals surface area contributed by atoms with Crippen molar-refractivity contribution in [3.8, 4) is 0 Å². The van der Waals surface area contributed by atoms with E-state index < -0.39 is 0 Å². The van der Waals surface area contributed by atoms with Crippen LogP contribution < -0.4 is 0 Å². The van der Waals surface area contributed by atoms with E-state index in [0.29, 0.717) is 6.54 Å². The molecule has 0 radical (unpaired) electrons. The van der Waals surface area contributed by atoms with Crippen LogP contribution in [0.5, 0.6) is 0 Å². The average molecular weight is 6120 g/mol. The third-order valence-corrected chi connectivity index (χ3v) is 0.250. The largest absolute Gasteiger partial charge is 0.677 e. The Balaban J connectivity index is -0.0000000000852. The van der Waals surface area contributed by atoms with Gasteiger partial charge >= 0.3 is 0 Å². The molecule has 0 fully saturated rings. The molecule has 0 aromatic heterocycles. The van der Waals surface area contributed by atoms with Gasteiger partial charge in [-0.25, -0.2) is 0 Å². The summed E-state index contributed by atoms with van der Waals surface area (Å²) in [4.78, 5) is 0. The fourth-order valence-corrected chi connectivity index (χ4v) is 0. The van der Waals surface area contributed by atoms with E-state index in [9.17, 15) is 0 Å². The number of rotatable bonds is 1. The minimum Gasteiger partial charge on any atom is -0.677 e. The molecule has 0 aromatic carbocycles. The van der Waals surface area contributed by atoms with Crippen molar-refractivity contribution in [1.82, 2.24) is 0 Å². The molecule has 0 saturated carbocycles. The van der Waals surface area contributed by atoms with Gasteiger partial charge in [0.05, 0.1) is 0 Å². The minimum absolute atomic E-state index is 0. The molecule has 0 aliphatic heterocycles. The Kier molecular flexibility index (Phi) is 2700. The monoisotopic (exact) mass is 6130 g/mol. The van der Waals surface area contributed by atoms with Crippen molar-refractivity contribution in [3.05, 3.63) is 5.73 Å². The molecule has 1 nitrogen and oxygen atoms in total. The van der Waals surface area contributed by atoms with Crippen LogP contribution in [0.25, 0.3) is 5.73 Å². The Morgan fingerprint density at radius 3 is 0.243 bits per heavy atom. The Morgan fingerprint density at radius 2 is 0.243 bits per heavy atom. The maximum Gasteiger partial charge on any atom is 0 e. The van der Waals surface area contributed by atoms with E-state index in [1.165, 1.54) is 0 Å². The van der Waals surface area contributed by atoms with Crippen molar-refractivity contribution in [1.29, 1.82) is 0 Å². The second-order valence-electron chi connectivity index (χ2n) is 0.750. The minimum atomic E-state index is 0. The predicted molar refractivity (Wildman–Crippen MR) is 19.5 cm³/mol. The summed E-state index contributed by atoms with van der Waals surface area (Å²) >= 11 is 0. The van der Waals surface area contributed by atoms with E-state index in [-0.39, 0.29) is 695 Å². The molecule has 34 heteroatoms. The fourth-order valence-electron chi connectivity index (χ4n) is 0. The van der Waals surface area contributed by atoms with Gasteiger partial charge < -0.3 is 5.73 Å². The first kappa shape index (κ1) is 312. The summed E-state index contributed by atoms with van der Waals surface area (Å²) in [5.41, 5.74) is 6.45. The molecule has 37 heavy (non-hydrogen) atoms. The first-order valence-corrected chi connectivity index (χ1v) is 1.56. The zero-order valence-corrected chi connectivity index (χ0v) is 113. The molecule has 0 aliphatic rings. The normalized spacial score (nSPS) is 0.811. The third-order valence-electron chi connectivity index (χ3n) is 0.250. The standard InChI is InChI=1S/C3H8N.33W/c1-2-3-4;;;;;;;;;;;;;;;;;;;;;;;;;;;;;;;;;/h4H,2-3H2,1H3;;;;;;;;;;;;;;;;;;;;;;;;;;;;;;;;;/q-1;;;;;;;;;;;;;;;;;;;;;;;;;;;;;;;;;. The van der Waals surface area contributed by atoms with Crippen LogP contribution >= 0.6 is 0 Å². The van der Waals surface area contributed by atoms with Crippen molar-refractivity contribution in [2.75, 3.05) is 6.54 Å². The summed E-state index contributed by atoms with van der Waals surface area (Å²) in [6, 6.07) is 0. The number of hydrogen-bond donors (Lipinski definition) is 0. The van der Waals surface area contributed by atoms with Crippen LogP contribution in [0.3, 0.4) is 0 Å². The van der Waals surface area contributed by atoms with Crippen molar-refractivity contribution in [3.63, 3.8) is 0 Å². The molecule has 0 atom stereocenters. The van der Waals surface area contributed by atoms with Crippen molar-refractivity contribution in [2.24, 2.45) is 0 Å². The van der Waals surface area contributed by atoms with Gasteiger partial charge in [-0.1, -0.05) is 13.3 Å². The quantitative estimate of drug-likeness (QED) is 0.380. The summed E-state index contributed by atoms with van der Waals surface area (Å²) in [7, 11) is 0. The van der Waals surface area contributed by atoms with Crippen LogP contribution in [0.4, 0.5) is 0 Å². The summed E-state index contributed by atoms with van der Waals surface area (Å²) in [6.45, 7) is 2.56. The van der Waals surface area contributed by atoms with Crippen molar-refractivity contribution in [2.45, 2.75) is 13.3 Å². The molecular weight excluding hydrogens is 6120 g/mol. The Labute approximate surface area is 700 Å². The van der Waals surface area contributed by atoms with Gasteiger partial charge in [-0.2, -0.15) is 6.54 Å². The topological polar surface area (TPSA) is 23.8 Å². The van der Waals surface area contributed by atoms with E-state index >= 15 is 0 Å².